The molecule has 30 heavy (non-hydrogen) atoms. The summed E-state index contributed by atoms with van der Waals surface area (Å²) < 4.78 is 22.3. The lowest BCUT2D eigenvalue weighted by Crippen LogP contribution is -2.50. The Kier molecular flexibility index (Phi) is 4.62. The summed E-state index contributed by atoms with van der Waals surface area (Å²) in [4.78, 5) is 27.8. The molecule has 3 aliphatic carbocycles. The van der Waals surface area contributed by atoms with E-state index in [9.17, 15) is 4.79 Å². The van der Waals surface area contributed by atoms with E-state index in [4.69, 9.17) is 18.6 Å². The first kappa shape index (κ1) is 19.3. The number of oxazole rings is 1. The van der Waals surface area contributed by atoms with Gasteiger partial charge in [-0.25, -0.2) is 9.97 Å². The van der Waals surface area contributed by atoms with Crippen molar-refractivity contribution in [3.8, 4) is 11.7 Å². The summed E-state index contributed by atoms with van der Waals surface area (Å²) in [5.74, 6) is 1.20. The molecule has 1 saturated heterocycles. The van der Waals surface area contributed by atoms with Crippen molar-refractivity contribution >= 4 is 17.9 Å². The van der Waals surface area contributed by atoms with Gasteiger partial charge in [0.1, 0.15) is 5.69 Å². The molecular formula is C20H25N5O5. The van der Waals surface area contributed by atoms with E-state index in [-0.39, 0.29) is 28.9 Å². The lowest BCUT2D eigenvalue weighted by atomic mass is 9.66. The van der Waals surface area contributed by atoms with Crippen LogP contribution in [0.3, 0.4) is 0 Å². The van der Waals surface area contributed by atoms with Crippen molar-refractivity contribution in [3.63, 3.8) is 0 Å². The van der Waals surface area contributed by atoms with E-state index in [1.165, 1.54) is 0 Å². The fraction of sp³-hybridized carbons (Fsp3) is 0.600. The third-order valence-corrected chi connectivity index (χ3v) is 6.39. The average Bonchev–Trinajstić information content (AvgIpc) is 3.41. The molecule has 10 nitrogen and oxygen atoms in total. The van der Waals surface area contributed by atoms with E-state index in [0.717, 1.165) is 38.8 Å². The fourth-order valence-electron chi connectivity index (χ4n) is 4.68. The highest BCUT2D eigenvalue weighted by atomic mass is 16.6. The number of rotatable bonds is 6. The molecule has 0 unspecified atom stereocenters. The number of nitrogens with one attached hydrogen (secondary N) is 1. The van der Waals surface area contributed by atoms with Gasteiger partial charge in [-0.2, -0.15) is 4.98 Å². The highest BCUT2D eigenvalue weighted by molar-refractivity contribution is 5.95. The van der Waals surface area contributed by atoms with Gasteiger partial charge in [0.25, 0.3) is 0 Å². The number of aryl methyl sites for hydroxylation is 1. The number of amides is 1. The summed E-state index contributed by atoms with van der Waals surface area (Å²) in [5.41, 5.74) is 0.0416. The highest BCUT2D eigenvalue weighted by Crippen LogP contribution is 2.63. The van der Waals surface area contributed by atoms with Crippen LogP contribution in [0, 0.1) is 12.3 Å². The van der Waals surface area contributed by atoms with Crippen molar-refractivity contribution in [2.75, 3.05) is 43.6 Å². The Bertz CT molecular complexity index is 932. The molecule has 0 aromatic carbocycles. The molecule has 0 atom stereocenters. The first-order valence-electron chi connectivity index (χ1n) is 10.2. The number of hydrogen-bond donors (Lipinski definition) is 1. The van der Waals surface area contributed by atoms with Crippen molar-refractivity contribution in [2.45, 2.75) is 38.2 Å². The molecular weight excluding hydrogens is 390 g/mol. The van der Waals surface area contributed by atoms with Crippen LogP contribution in [0.25, 0.3) is 0 Å². The topological polar surface area (TPSA) is 112 Å². The van der Waals surface area contributed by atoms with Crippen LogP contribution in [0.1, 0.15) is 31.4 Å². The number of fused-ring (bicyclic) bond motifs is 1. The maximum Gasteiger partial charge on any atom is 0.315 e. The molecule has 1 aliphatic heterocycles. The third-order valence-electron chi connectivity index (χ3n) is 6.39. The summed E-state index contributed by atoms with van der Waals surface area (Å²) in [7, 11) is 1.71. The van der Waals surface area contributed by atoms with Crippen molar-refractivity contribution in [1.29, 1.82) is 0 Å². The van der Waals surface area contributed by atoms with E-state index in [1.807, 2.05) is 0 Å². The number of hydrogen-bond acceptors (Lipinski definition) is 9. The second-order valence-corrected chi connectivity index (χ2v) is 8.29. The summed E-state index contributed by atoms with van der Waals surface area (Å²) in [5, 5.41) is 2.80. The molecule has 3 saturated carbocycles. The van der Waals surface area contributed by atoms with Gasteiger partial charge < -0.3 is 23.5 Å². The van der Waals surface area contributed by atoms with Crippen LogP contribution in [0.5, 0.6) is 11.7 Å². The average molecular weight is 415 g/mol. The SMILES string of the molecule is COC12CCC(C(=O)Nc3nc(C)c(Oc4cnc(N5CCOCC5)nc4)o3)(C1)C2. The van der Waals surface area contributed by atoms with Gasteiger partial charge in [-0.05, 0) is 32.6 Å². The largest absolute Gasteiger partial charge is 0.421 e. The Balaban J connectivity index is 1.22. The Hall–Kier alpha value is -2.72. The molecule has 2 aromatic heterocycles. The van der Waals surface area contributed by atoms with Crippen LogP contribution in [0.2, 0.25) is 0 Å². The lowest BCUT2D eigenvalue weighted by molar-refractivity contribution is -0.144. The van der Waals surface area contributed by atoms with Gasteiger partial charge in [0.15, 0.2) is 5.75 Å². The van der Waals surface area contributed by atoms with E-state index in [2.05, 4.69) is 25.2 Å². The minimum Gasteiger partial charge on any atom is -0.421 e. The summed E-state index contributed by atoms with van der Waals surface area (Å²) in [6.45, 7) is 4.61. The summed E-state index contributed by atoms with van der Waals surface area (Å²) in [6, 6.07) is 0.134. The van der Waals surface area contributed by atoms with Crippen molar-refractivity contribution in [2.24, 2.45) is 5.41 Å². The number of ether oxygens (including phenoxy) is 3. The maximum atomic E-state index is 12.8. The van der Waals surface area contributed by atoms with Crippen LogP contribution >= 0.6 is 0 Å². The molecule has 10 heteroatoms. The smallest absolute Gasteiger partial charge is 0.315 e. The molecule has 1 amide bonds. The molecule has 3 heterocycles. The van der Waals surface area contributed by atoms with E-state index >= 15 is 0 Å². The molecule has 0 radical (unpaired) electrons. The van der Waals surface area contributed by atoms with Crippen LogP contribution in [0.4, 0.5) is 12.0 Å². The van der Waals surface area contributed by atoms with Gasteiger partial charge in [-0.3, -0.25) is 10.1 Å². The van der Waals surface area contributed by atoms with Crippen LogP contribution in [-0.4, -0.2) is 59.9 Å². The zero-order valence-electron chi connectivity index (χ0n) is 17.1. The molecule has 0 spiro atoms. The van der Waals surface area contributed by atoms with Crippen molar-refractivity contribution < 1.29 is 23.4 Å². The van der Waals surface area contributed by atoms with Gasteiger partial charge in [0.2, 0.25) is 11.9 Å². The number of nitrogens with zero attached hydrogens (tertiary/aromatic N) is 4. The lowest BCUT2D eigenvalue weighted by Gasteiger charge is -2.44. The van der Waals surface area contributed by atoms with E-state index < -0.39 is 0 Å². The molecule has 1 N–H and O–H groups in total. The quantitative estimate of drug-likeness (QED) is 0.759. The Labute approximate surface area is 173 Å². The maximum absolute atomic E-state index is 12.8. The van der Waals surface area contributed by atoms with Crippen LogP contribution in [0.15, 0.2) is 16.8 Å². The molecule has 4 aliphatic rings. The molecule has 160 valence electrons. The minimum atomic E-state index is -0.372. The number of anilines is 2. The normalized spacial score (nSPS) is 27.6. The second-order valence-electron chi connectivity index (χ2n) is 8.29. The standard InChI is InChI=1S/C20H25N5O5/c1-13-15(29-14-9-21-17(22-10-14)25-5-7-28-8-6-25)30-18(23-13)24-16(26)19-3-4-20(11-19,12-19)27-2/h9-10H,3-8,11-12H2,1-2H3,(H,23,24,26). The predicted molar refractivity (Wildman–Crippen MR) is 106 cm³/mol. The predicted octanol–water partition coefficient (Wildman–Crippen LogP) is 2.30. The number of carbonyl (C=O) groups excluding carboxylic acids is 1. The molecule has 2 bridgehead atoms. The highest BCUT2D eigenvalue weighted by Gasteiger charge is 2.65. The molecule has 2 aromatic rings. The Morgan fingerprint density at radius 2 is 1.93 bits per heavy atom. The minimum absolute atomic E-state index is 0.0707. The number of aromatic nitrogens is 3. The number of methoxy groups -OCH3 is 1. The third kappa shape index (κ3) is 3.29. The summed E-state index contributed by atoms with van der Waals surface area (Å²) >= 11 is 0. The molecule has 4 fully saturated rings. The van der Waals surface area contributed by atoms with Crippen LogP contribution < -0.4 is 15.0 Å². The monoisotopic (exact) mass is 415 g/mol. The molecule has 6 rings (SSSR count). The van der Waals surface area contributed by atoms with Gasteiger partial charge >= 0.3 is 12.0 Å². The number of carbonyl (C=O) groups is 1. The first-order valence-corrected chi connectivity index (χ1v) is 10.2. The van der Waals surface area contributed by atoms with E-state index in [1.54, 1.807) is 26.4 Å². The van der Waals surface area contributed by atoms with Crippen LogP contribution in [-0.2, 0) is 14.3 Å². The van der Waals surface area contributed by atoms with Gasteiger partial charge in [0.05, 0.1) is 36.6 Å². The van der Waals surface area contributed by atoms with E-state index in [0.29, 0.717) is 30.6 Å². The zero-order chi connectivity index (χ0) is 20.8. The van der Waals surface area contributed by atoms with Crippen molar-refractivity contribution in [1.82, 2.24) is 15.0 Å². The summed E-state index contributed by atoms with van der Waals surface area (Å²) in [6.07, 6.45) is 6.41. The first-order chi connectivity index (χ1) is 14.5. The van der Waals surface area contributed by atoms with Gasteiger partial charge in [-0.1, -0.05) is 0 Å². The fourth-order valence-corrected chi connectivity index (χ4v) is 4.68. The zero-order valence-corrected chi connectivity index (χ0v) is 17.1. The second kappa shape index (κ2) is 7.21. The number of morpholine rings is 1. The van der Waals surface area contributed by atoms with Gasteiger partial charge in [0, 0.05) is 20.2 Å². The van der Waals surface area contributed by atoms with Crippen molar-refractivity contribution in [3.05, 3.63) is 18.1 Å². The Morgan fingerprint density at radius 3 is 2.60 bits per heavy atom. The Morgan fingerprint density at radius 1 is 1.20 bits per heavy atom. The van der Waals surface area contributed by atoms with Gasteiger partial charge in [-0.15, -0.1) is 0 Å².